The van der Waals surface area contributed by atoms with Crippen molar-refractivity contribution in [2.45, 2.75) is 25.1 Å². The number of rotatable bonds is 6. The summed E-state index contributed by atoms with van der Waals surface area (Å²) in [7, 11) is 3.00. The van der Waals surface area contributed by atoms with Gasteiger partial charge >= 0.3 is 6.18 Å². The van der Waals surface area contributed by atoms with E-state index in [1.165, 1.54) is 25.1 Å². The minimum absolute atomic E-state index is 0.0456. The Morgan fingerprint density at radius 1 is 0.970 bits per heavy atom. The Hall–Kier alpha value is -3.82. The molecule has 1 saturated carbocycles. The fourth-order valence-corrected chi connectivity index (χ4v) is 3.73. The van der Waals surface area contributed by atoms with Crippen LogP contribution in [0.3, 0.4) is 0 Å². The zero-order chi connectivity index (χ0) is 23.2. The Kier molecular flexibility index (Phi) is 5.07. The van der Waals surface area contributed by atoms with Crippen LogP contribution < -0.4 is 14.4 Å². The summed E-state index contributed by atoms with van der Waals surface area (Å²) < 4.78 is 53.6. The number of hydrogen-bond donors (Lipinski definition) is 0. The molecule has 5 rings (SSSR count). The first-order valence-electron chi connectivity index (χ1n) is 10.3. The predicted molar refractivity (Wildman–Crippen MR) is 116 cm³/mol. The van der Waals surface area contributed by atoms with Crippen molar-refractivity contribution in [3.8, 4) is 17.2 Å². The molecule has 0 atom stereocenters. The van der Waals surface area contributed by atoms with Gasteiger partial charge < -0.3 is 14.4 Å². The van der Waals surface area contributed by atoms with E-state index in [0.29, 0.717) is 17.2 Å². The fraction of sp³-hybridized carbons (Fsp3) is 0.261. The van der Waals surface area contributed by atoms with Crippen molar-refractivity contribution >= 4 is 22.7 Å². The standard InChI is InChI=1S/C23H20F3N5O2/c1-32-17-10-16(11-18(12-17)33-2)30-13-27-19-20(30)28-22(23(24,25)26)29-21(19)31(15-8-9-15)14-6-4-3-5-7-14/h3-7,10-13,15H,8-9H2,1-2H3. The third-order valence-corrected chi connectivity index (χ3v) is 5.42. The molecule has 0 radical (unpaired) electrons. The van der Waals surface area contributed by atoms with Gasteiger partial charge in [0, 0.05) is 29.9 Å². The highest BCUT2D eigenvalue weighted by atomic mass is 19.4. The molecule has 0 N–H and O–H groups in total. The Bertz CT molecular complexity index is 1280. The molecule has 10 heteroatoms. The highest BCUT2D eigenvalue weighted by molar-refractivity contribution is 5.88. The maximum Gasteiger partial charge on any atom is 0.451 e. The Balaban J connectivity index is 1.76. The lowest BCUT2D eigenvalue weighted by atomic mass is 10.2. The Labute approximate surface area is 187 Å². The molecule has 0 aliphatic heterocycles. The largest absolute Gasteiger partial charge is 0.497 e. The van der Waals surface area contributed by atoms with Gasteiger partial charge in [0.15, 0.2) is 17.0 Å². The minimum atomic E-state index is -4.73. The van der Waals surface area contributed by atoms with E-state index in [1.54, 1.807) is 18.2 Å². The molecule has 2 heterocycles. The van der Waals surface area contributed by atoms with Gasteiger partial charge in [-0.05, 0) is 25.0 Å². The molecule has 0 saturated heterocycles. The van der Waals surface area contributed by atoms with Crippen LogP contribution in [0.25, 0.3) is 16.9 Å². The van der Waals surface area contributed by atoms with E-state index in [0.717, 1.165) is 18.5 Å². The van der Waals surface area contributed by atoms with Gasteiger partial charge in [0.2, 0.25) is 5.82 Å². The molecule has 1 fully saturated rings. The van der Waals surface area contributed by atoms with Crippen molar-refractivity contribution in [3.05, 3.63) is 60.7 Å². The van der Waals surface area contributed by atoms with Gasteiger partial charge in [-0.3, -0.25) is 4.57 Å². The summed E-state index contributed by atoms with van der Waals surface area (Å²) in [5.74, 6) is -0.112. The molecule has 4 aromatic rings. The first kappa shape index (κ1) is 21.0. The van der Waals surface area contributed by atoms with E-state index in [9.17, 15) is 13.2 Å². The van der Waals surface area contributed by atoms with Gasteiger partial charge in [0.05, 0.1) is 19.9 Å². The first-order valence-corrected chi connectivity index (χ1v) is 10.3. The number of hydrogen-bond acceptors (Lipinski definition) is 6. The van der Waals surface area contributed by atoms with Crippen molar-refractivity contribution < 1.29 is 22.6 Å². The van der Waals surface area contributed by atoms with Gasteiger partial charge in [-0.1, -0.05) is 18.2 Å². The molecule has 0 spiro atoms. The van der Waals surface area contributed by atoms with Gasteiger partial charge in [-0.25, -0.2) is 15.0 Å². The van der Waals surface area contributed by atoms with Gasteiger partial charge in [0.1, 0.15) is 17.8 Å². The lowest BCUT2D eigenvalue weighted by molar-refractivity contribution is -0.144. The van der Waals surface area contributed by atoms with Crippen molar-refractivity contribution in [1.29, 1.82) is 0 Å². The van der Waals surface area contributed by atoms with E-state index in [2.05, 4.69) is 15.0 Å². The monoisotopic (exact) mass is 455 g/mol. The second kappa shape index (κ2) is 7.95. The average molecular weight is 455 g/mol. The van der Waals surface area contributed by atoms with Crippen LogP contribution in [0.4, 0.5) is 24.7 Å². The molecule has 1 aliphatic carbocycles. The maximum atomic E-state index is 13.8. The molecule has 0 bridgehead atoms. The van der Waals surface area contributed by atoms with E-state index in [1.807, 2.05) is 35.2 Å². The van der Waals surface area contributed by atoms with Crippen LogP contribution in [0, 0.1) is 0 Å². The van der Waals surface area contributed by atoms with Crippen molar-refractivity contribution in [2.75, 3.05) is 19.1 Å². The summed E-state index contributed by atoms with van der Waals surface area (Å²) in [4.78, 5) is 14.1. The molecule has 0 amide bonds. The number of ether oxygens (including phenoxy) is 2. The summed E-state index contributed by atoms with van der Waals surface area (Å²) in [6.07, 6.45) is -1.58. The van der Waals surface area contributed by atoms with Gasteiger partial charge in [-0.15, -0.1) is 0 Å². The molecule has 0 unspecified atom stereocenters. The number of benzene rings is 2. The summed E-state index contributed by atoms with van der Waals surface area (Å²) in [5, 5.41) is 0. The van der Waals surface area contributed by atoms with E-state index < -0.39 is 12.0 Å². The number of para-hydroxylation sites is 1. The third kappa shape index (κ3) is 3.92. The number of methoxy groups -OCH3 is 2. The van der Waals surface area contributed by atoms with Gasteiger partial charge in [0.25, 0.3) is 0 Å². The third-order valence-electron chi connectivity index (χ3n) is 5.42. The first-order chi connectivity index (χ1) is 15.9. The minimum Gasteiger partial charge on any atom is -0.497 e. The second-order valence-corrected chi connectivity index (χ2v) is 7.66. The smallest absolute Gasteiger partial charge is 0.451 e. The van der Waals surface area contributed by atoms with Crippen LogP contribution >= 0.6 is 0 Å². The fourth-order valence-electron chi connectivity index (χ4n) is 3.73. The number of imidazole rings is 1. The zero-order valence-electron chi connectivity index (χ0n) is 17.9. The normalized spacial score (nSPS) is 13.8. The summed E-state index contributed by atoms with van der Waals surface area (Å²) in [6.45, 7) is 0. The van der Waals surface area contributed by atoms with Crippen LogP contribution in [0.15, 0.2) is 54.9 Å². The molecule has 7 nitrogen and oxygen atoms in total. The maximum absolute atomic E-state index is 13.8. The average Bonchev–Trinajstić information content (AvgIpc) is 3.55. The van der Waals surface area contributed by atoms with Crippen LogP contribution in [-0.2, 0) is 6.18 Å². The molecule has 1 aliphatic rings. The predicted octanol–water partition coefficient (Wildman–Crippen LogP) is 5.15. The summed E-state index contributed by atoms with van der Waals surface area (Å²) in [5.41, 5.74) is 1.58. The zero-order valence-corrected chi connectivity index (χ0v) is 17.9. The molecule has 33 heavy (non-hydrogen) atoms. The topological polar surface area (TPSA) is 65.3 Å². The summed E-state index contributed by atoms with van der Waals surface area (Å²) in [6, 6.07) is 14.3. The molecule has 170 valence electrons. The van der Waals surface area contributed by atoms with Crippen LogP contribution in [-0.4, -0.2) is 39.8 Å². The van der Waals surface area contributed by atoms with Crippen molar-refractivity contribution in [3.63, 3.8) is 0 Å². The lowest BCUT2D eigenvalue weighted by Gasteiger charge is -2.24. The van der Waals surface area contributed by atoms with E-state index >= 15 is 0 Å². The van der Waals surface area contributed by atoms with Crippen LogP contribution in [0.5, 0.6) is 11.5 Å². The highest BCUT2D eigenvalue weighted by Gasteiger charge is 2.39. The van der Waals surface area contributed by atoms with Crippen LogP contribution in [0.2, 0.25) is 0 Å². The summed E-state index contributed by atoms with van der Waals surface area (Å²) >= 11 is 0. The van der Waals surface area contributed by atoms with Crippen LogP contribution in [0.1, 0.15) is 18.7 Å². The number of fused-ring (bicyclic) bond motifs is 1. The molecular weight excluding hydrogens is 435 g/mol. The number of anilines is 2. The molecule has 2 aromatic heterocycles. The van der Waals surface area contributed by atoms with E-state index in [4.69, 9.17) is 9.47 Å². The van der Waals surface area contributed by atoms with Gasteiger partial charge in [-0.2, -0.15) is 13.2 Å². The quantitative estimate of drug-likeness (QED) is 0.401. The van der Waals surface area contributed by atoms with Crippen molar-refractivity contribution in [2.24, 2.45) is 0 Å². The number of nitrogens with zero attached hydrogens (tertiary/aromatic N) is 5. The highest BCUT2D eigenvalue weighted by Crippen LogP contribution is 2.41. The SMILES string of the molecule is COc1cc(OC)cc(-n2cnc3c(N(c4ccccc4)C4CC4)nc(C(F)(F)F)nc32)c1. The Morgan fingerprint density at radius 2 is 1.64 bits per heavy atom. The second-order valence-electron chi connectivity index (χ2n) is 7.66. The number of alkyl halides is 3. The molecule has 2 aromatic carbocycles. The lowest BCUT2D eigenvalue weighted by Crippen LogP contribution is -2.23. The number of aromatic nitrogens is 4. The number of halogens is 3. The van der Waals surface area contributed by atoms with Crippen molar-refractivity contribution in [1.82, 2.24) is 19.5 Å². The van der Waals surface area contributed by atoms with E-state index in [-0.39, 0.29) is 23.0 Å². The Morgan fingerprint density at radius 3 is 2.21 bits per heavy atom. The molecular formula is C23H20F3N5O2.